The molecule has 0 bridgehead atoms. The summed E-state index contributed by atoms with van der Waals surface area (Å²) in [6, 6.07) is 131. The van der Waals surface area contributed by atoms with Gasteiger partial charge in [0.05, 0.1) is 33.4 Å². The van der Waals surface area contributed by atoms with Crippen LogP contribution in [0, 0.1) is 0 Å². The topological polar surface area (TPSA) is 9.86 Å². The van der Waals surface area contributed by atoms with E-state index in [-0.39, 0.29) is 0 Å². The Hall–Kier alpha value is -11.1. The molecule has 0 unspecified atom stereocenters. The maximum Gasteiger partial charge on any atom is 0.179 e. The first-order valence-electron chi connectivity index (χ1n) is 30.1. The molecule has 0 spiro atoms. The van der Waals surface area contributed by atoms with E-state index < -0.39 is 8.07 Å². The van der Waals surface area contributed by atoms with Gasteiger partial charge in [-0.3, -0.25) is 0 Å². The minimum absolute atomic E-state index is 1.15. The third-order valence-electron chi connectivity index (χ3n) is 17.9. The average molecular weight is 1120 g/mol. The van der Waals surface area contributed by atoms with Gasteiger partial charge in [-0.05, 0) is 113 Å². The number of aromatic nitrogens is 2. The van der Waals surface area contributed by atoms with Crippen LogP contribution in [0.15, 0.2) is 352 Å². The molecule has 16 rings (SSSR count). The maximum absolute atomic E-state index is 3.30. The number of nitrogens with zero attached hydrogens (tertiary/aromatic N) is 2. The number of hydrogen-bond donors (Lipinski definition) is 0. The van der Waals surface area contributed by atoms with Crippen LogP contribution in [0.3, 0.4) is 0 Å². The Morgan fingerprint density at radius 1 is 0.184 bits per heavy atom. The highest BCUT2D eigenvalue weighted by Gasteiger charge is 2.43. The third kappa shape index (κ3) is 8.86. The van der Waals surface area contributed by atoms with Crippen LogP contribution < -0.4 is 20.7 Å². The van der Waals surface area contributed by atoms with Crippen molar-refractivity contribution in [1.29, 1.82) is 0 Å². The van der Waals surface area contributed by atoms with Crippen molar-refractivity contribution in [2.75, 3.05) is 0 Å². The molecule has 3 heteroatoms. The number of fused-ring (bicyclic) bond motifs is 6. The molecule has 0 fully saturated rings. The molecule has 0 saturated carbocycles. The molecule has 0 aliphatic carbocycles. The van der Waals surface area contributed by atoms with E-state index in [9.17, 15) is 0 Å². The highest BCUT2D eigenvalue weighted by atomic mass is 28.3. The van der Waals surface area contributed by atoms with E-state index in [1.54, 1.807) is 0 Å². The van der Waals surface area contributed by atoms with Crippen LogP contribution >= 0.6 is 0 Å². The second-order valence-corrected chi connectivity index (χ2v) is 26.5. The molecule has 2 nitrogen and oxygen atoms in total. The fraction of sp³-hybridized carbons (Fsp3) is 0. The molecule has 0 saturated heterocycles. The van der Waals surface area contributed by atoms with Gasteiger partial charge in [0.25, 0.3) is 0 Å². The second-order valence-electron chi connectivity index (χ2n) is 22.7. The van der Waals surface area contributed by atoms with Crippen molar-refractivity contribution in [3.8, 4) is 78.1 Å². The van der Waals surface area contributed by atoms with Crippen LogP contribution in [-0.2, 0) is 0 Å². The van der Waals surface area contributed by atoms with Gasteiger partial charge in [0.15, 0.2) is 8.07 Å². The first kappa shape index (κ1) is 51.5. The number of para-hydroxylation sites is 3. The quantitative estimate of drug-likeness (QED) is 0.0852. The Bertz CT molecular complexity index is 5040. The van der Waals surface area contributed by atoms with E-state index in [1.165, 1.54) is 109 Å². The lowest BCUT2D eigenvalue weighted by atomic mass is 9.95. The summed E-state index contributed by atoms with van der Waals surface area (Å²) in [5.74, 6) is 0. The lowest BCUT2D eigenvalue weighted by Crippen LogP contribution is -2.74. The summed E-state index contributed by atoms with van der Waals surface area (Å²) in [5, 5.41) is 10.1. The Balaban J connectivity index is 0.955. The summed E-state index contributed by atoms with van der Waals surface area (Å²) in [4.78, 5) is 0. The highest BCUT2D eigenvalue weighted by molar-refractivity contribution is 7.20. The molecule has 14 aromatic carbocycles. The van der Waals surface area contributed by atoms with E-state index in [0.29, 0.717) is 0 Å². The highest BCUT2D eigenvalue weighted by Crippen LogP contribution is 2.44. The summed E-state index contributed by atoms with van der Waals surface area (Å²) in [6.45, 7) is 0. The predicted molar refractivity (Wildman–Crippen MR) is 371 cm³/mol. The SMILES string of the molecule is c1ccc(-c2cccc([Si](c3ccccc3)(c3cccc(-c4ccccc4)c3)c3cc(-c4ccccc4)c(-n4c5ccccc5c5cc(-c6ccc7c(c6)c6ccccc6n7-c6ccccc6-c6ccccc6)ccc54)c(-c4ccccc4)c3)c2)cc1. The molecule has 2 aromatic heterocycles. The minimum Gasteiger partial charge on any atom is -0.309 e. The zero-order valence-corrected chi connectivity index (χ0v) is 48.9. The van der Waals surface area contributed by atoms with Crippen LogP contribution in [0.2, 0.25) is 0 Å². The van der Waals surface area contributed by atoms with Crippen molar-refractivity contribution in [2.24, 2.45) is 0 Å². The molecule has 0 amide bonds. The molecule has 87 heavy (non-hydrogen) atoms. The van der Waals surface area contributed by atoms with Crippen molar-refractivity contribution < 1.29 is 0 Å². The van der Waals surface area contributed by atoms with E-state index in [1.807, 2.05) is 0 Å². The molecule has 408 valence electrons. The summed E-state index contributed by atoms with van der Waals surface area (Å²) in [7, 11) is -3.30. The average Bonchev–Trinajstić information content (AvgIpc) is 1.78. The maximum atomic E-state index is 2.58. The normalized spacial score (nSPS) is 11.7. The van der Waals surface area contributed by atoms with E-state index in [0.717, 1.165) is 33.5 Å². The summed E-state index contributed by atoms with van der Waals surface area (Å²) < 4.78 is 5.02. The first-order chi connectivity index (χ1) is 43.2. The predicted octanol–water partition coefficient (Wildman–Crippen LogP) is 19.3. The van der Waals surface area contributed by atoms with Crippen LogP contribution in [0.25, 0.3) is 122 Å². The molecule has 2 heterocycles. The smallest absolute Gasteiger partial charge is 0.179 e. The van der Waals surface area contributed by atoms with Crippen molar-refractivity contribution in [1.82, 2.24) is 9.13 Å². The summed E-state index contributed by atoms with van der Waals surface area (Å²) in [6.07, 6.45) is 0. The van der Waals surface area contributed by atoms with Gasteiger partial charge in [-0.25, -0.2) is 0 Å². The fourth-order valence-electron chi connectivity index (χ4n) is 13.9. The fourth-order valence-corrected chi connectivity index (χ4v) is 18.8. The lowest BCUT2D eigenvalue weighted by Gasteiger charge is -2.36. The molecule has 0 atom stereocenters. The third-order valence-corrected chi connectivity index (χ3v) is 22.6. The van der Waals surface area contributed by atoms with Crippen LogP contribution in [-0.4, -0.2) is 17.2 Å². The minimum atomic E-state index is -3.30. The zero-order chi connectivity index (χ0) is 57.7. The lowest BCUT2D eigenvalue weighted by molar-refractivity contribution is 1.18. The Morgan fingerprint density at radius 2 is 0.529 bits per heavy atom. The number of hydrogen-bond acceptors (Lipinski definition) is 0. The van der Waals surface area contributed by atoms with E-state index in [4.69, 9.17) is 0 Å². The van der Waals surface area contributed by atoms with Crippen molar-refractivity contribution in [3.05, 3.63) is 352 Å². The van der Waals surface area contributed by atoms with Crippen molar-refractivity contribution in [3.63, 3.8) is 0 Å². The Morgan fingerprint density at radius 3 is 1.02 bits per heavy atom. The molecule has 0 aliphatic heterocycles. The monoisotopic (exact) mass is 1120 g/mol. The van der Waals surface area contributed by atoms with Gasteiger partial charge >= 0.3 is 0 Å². The summed E-state index contributed by atoms with van der Waals surface area (Å²) >= 11 is 0. The van der Waals surface area contributed by atoms with Crippen LogP contribution in [0.1, 0.15) is 0 Å². The molecule has 0 aliphatic rings. The Kier molecular flexibility index (Phi) is 12.9. The van der Waals surface area contributed by atoms with Gasteiger partial charge in [0, 0.05) is 38.2 Å². The largest absolute Gasteiger partial charge is 0.309 e. The molecule has 16 aromatic rings. The van der Waals surface area contributed by atoms with E-state index in [2.05, 4.69) is 361 Å². The van der Waals surface area contributed by atoms with Gasteiger partial charge in [-0.1, -0.05) is 309 Å². The Labute approximate surface area is 508 Å². The zero-order valence-electron chi connectivity index (χ0n) is 47.9. The van der Waals surface area contributed by atoms with Gasteiger partial charge in [-0.2, -0.15) is 0 Å². The van der Waals surface area contributed by atoms with Crippen molar-refractivity contribution >= 4 is 72.4 Å². The standard InChI is InChI=1S/C84H58N2Si/c1-7-27-59(28-8-1)64-37-25-41-69(53-64)87(68-39-17-6-18-40-68,70-42-26-38-65(54-70)60-29-9-2-10-30-60)71-57-75(62-33-13-4-14-34-62)84(76(58-71)63-35-15-5-16-36-63)86-81-48-24-21-45-74(81)78-56-67(50-52-83(78)86)66-49-51-82-77(55-66)73-44-20-23-47-80(73)85(82)79-46-22-19-43-72(79)61-31-11-3-12-32-61/h1-58H. The van der Waals surface area contributed by atoms with Crippen LogP contribution in [0.5, 0.6) is 0 Å². The molecule has 0 N–H and O–H groups in total. The van der Waals surface area contributed by atoms with Gasteiger partial charge in [-0.15, -0.1) is 0 Å². The van der Waals surface area contributed by atoms with Gasteiger partial charge < -0.3 is 9.13 Å². The first-order valence-corrected chi connectivity index (χ1v) is 32.1. The van der Waals surface area contributed by atoms with Gasteiger partial charge in [0.1, 0.15) is 0 Å². The second kappa shape index (κ2) is 21.8. The van der Waals surface area contributed by atoms with Gasteiger partial charge in [0.2, 0.25) is 0 Å². The number of rotatable bonds is 12. The molecular weight excluding hydrogens is 1070 g/mol. The van der Waals surface area contributed by atoms with Crippen molar-refractivity contribution in [2.45, 2.75) is 0 Å². The van der Waals surface area contributed by atoms with Crippen LogP contribution in [0.4, 0.5) is 0 Å². The molecule has 0 radical (unpaired) electrons. The number of benzene rings is 14. The van der Waals surface area contributed by atoms with E-state index >= 15 is 0 Å². The molecular formula is C84H58N2Si. The summed E-state index contributed by atoms with van der Waals surface area (Å²) in [5.41, 5.74) is 21.1.